The number of thiazole rings is 1. The Morgan fingerprint density at radius 3 is 2.89 bits per heavy atom. The molecule has 1 aromatic heterocycles. The number of carbonyl (C=O) groups is 1. The van der Waals surface area contributed by atoms with Gasteiger partial charge in [-0.2, -0.15) is 0 Å². The molecular formula is C14H16N2O2S. The van der Waals surface area contributed by atoms with Crippen molar-refractivity contribution in [3.63, 3.8) is 0 Å². The number of amides is 1. The number of para-hydroxylation sites is 1. The zero-order chi connectivity index (χ0) is 13.7. The lowest BCUT2D eigenvalue weighted by Crippen LogP contribution is -2.24. The predicted octanol–water partition coefficient (Wildman–Crippen LogP) is 2.32. The summed E-state index contributed by atoms with van der Waals surface area (Å²) in [4.78, 5) is 17.2. The number of aromatic nitrogens is 1. The first-order valence-electron chi connectivity index (χ1n) is 5.99. The van der Waals surface area contributed by atoms with Gasteiger partial charge in [0, 0.05) is 16.6 Å². The zero-order valence-corrected chi connectivity index (χ0v) is 11.8. The lowest BCUT2D eigenvalue weighted by molar-refractivity contribution is -0.120. The van der Waals surface area contributed by atoms with Gasteiger partial charge in [-0.05, 0) is 13.0 Å². The summed E-state index contributed by atoms with van der Waals surface area (Å²) in [6, 6.07) is 7.53. The van der Waals surface area contributed by atoms with E-state index in [-0.39, 0.29) is 5.91 Å². The third-order valence-electron chi connectivity index (χ3n) is 2.65. The molecule has 0 aliphatic rings. The van der Waals surface area contributed by atoms with Crippen LogP contribution in [0.4, 0.5) is 0 Å². The number of benzene rings is 1. The highest BCUT2D eigenvalue weighted by molar-refractivity contribution is 7.11. The van der Waals surface area contributed by atoms with Crippen molar-refractivity contribution in [3.8, 4) is 5.75 Å². The van der Waals surface area contributed by atoms with Gasteiger partial charge in [0.2, 0.25) is 5.91 Å². The summed E-state index contributed by atoms with van der Waals surface area (Å²) < 4.78 is 5.22. The van der Waals surface area contributed by atoms with E-state index in [1.165, 1.54) is 0 Å². The number of hydrogen-bond donors (Lipinski definition) is 1. The van der Waals surface area contributed by atoms with Crippen molar-refractivity contribution in [1.82, 2.24) is 10.3 Å². The quantitative estimate of drug-likeness (QED) is 0.911. The Morgan fingerprint density at radius 2 is 2.21 bits per heavy atom. The molecule has 100 valence electrons. The first-order chi connectivity index (χ1) is 9.19. The monoisotopic (exact) mass is 276 g/mol. The summed E-state index contributed by atoms with van der Waals surface area (Å²) >= 11 is 1.59. The molecular weight excluding hydrogens is 260 g/mol. The normalized spacial score (nSPS) is 10.2. The van der Waals surface area contributed by atoms with Crippen LogP contribution in [0.5, 0.6) is 5.75 Å². The van der Waals surface area contributed by atoms with Gasteiger partial charge >= 0.3 is 0 Å². The topological polar surface area (TPSA) is 51.2 Å². The van der Waals surface area contributed by atoms with E-state index in [0.717, 1.165) is 21.2 Å². The molecule has 4 nitrogen and oxygen atoms in total. The van der Waals surface area contributed by atoms with Gasteiger partial charge in [-0.15, -0.1) is 11.3 Å². The fourth-order valence-electron chi connectivity index (χ4n) is 1.74. The van der Waals surface area contributed by atoms with Crippen LogP contribution in [-0.2, 0) is 17.8 Å². The van der Waals surface area contributed by atoms with E-state index in [2.05, 4.69) is 10.3 Å². The molecule has 2 rings (SSSR count). The number of methoxy groups -OCH3 is 1. The van der Waals surface area contributed by atoms with Crippen molar-refractivity contribution >= 4 is 17.2 Å². The summed E-state index contributed by atoms with van der Waals surface area (Å²) in [7, 11) is 1.61. The molecule has 0 atom stereocenters. The van der Waals surface area contributed by atoms with E-state index in [1.807, 2.05) is 37.4 Å². The minimum absolute atomic E-state index is 0.0302. The highest BCUT2D eigenvalue weighted by Crippen LogP contribution is 2.17. The summed E-state index contributed by atoms with van der Waals surface area (Å²) in [6.45, 7) is 2.48. The summed E-state index contributed by atoms with van der Waals surface area (Å²) in [5.74, 6) is 0.708. The van der Waals surface area contributed by atoms with Crippen molar-refractivity contribution < 1.29 is 9.53 Å². The van der Waals surface area contributed by atoms with Gasteiger partial charge in [0.25, 0.3) is 0 Å². The molecule has 0 aliphatic carbocycles. The molecule has 0 aliphatic heterocycles. The smallest absolute Gasteiger partial charge is 0.224 e. The number of hydrogen-bond acceptors (Lipinski definition) is 4. The van der Waals surface area contributed by atoms with Crippen molar-refractivity contribution in [2.24, 2.45) is 0 Å². The Hall–Kier alpha value is -1.88. The first kappa shape index (κ1) is 13.5. The SMILES string of the molecule is COc1ccccc1CC(=O)NCc1ncc(C)s1. The molecule has 2 aromatic rings. The average molecular weight is 276 g/mol. The molecule has 19 heavy (non-hydrogen) atoms. The minimum Gasteiger partial charge on any atom is -0.496 e. The molecule has 1 N–H and O–H groups in total. The second-order valence-corrected chi connectivity index (χ2v) is 5.45. The van der Waals surface area contributed by atoms with Crippen molar-refractivity contribution in [2.45, 2.75) is 19.9 Å². The fourth-order valence-corrected chi connectivity index (χ4v) is 2.47. The minimum atomic E-state index is -0.0302. The van der Waals surface area contributed by atoms with Gasteiger partial charge in [-0.3, -0.25) is 4.79 Å². The second kappa shape index (κ2) is 6.33. The Balaban J connectivity index is 1.90. The average Bonchev–Trinajstić information content (AvgIpc) is 2.83. The number of aryl methyl sites for hydroxylation is 1. The molecule has 0 unspecified atom stereocenters. The van der Waals surface area contributed by atoms with Crippen molar-refractivity contribution in [2.75, 3.05) is 7.11 Å². The maximum Gasteiger partial charge on any atom is 0.224 e. The Morgan fingerprint density at radius 1 is 1.42 bits per heavy atom. The van der Waals surface area contributed by atoms with E-state index in [9.17, 15) is 4.79 Å². The van der Waals surface area contributed by atoms with Crippen LogP contribution in [0.1, 0.15) is 15.4 Å². The number of carbonyl (C=O) groups excluding carboxylic acids is 1. The number of ether oxygens (including phenoxy) is 1. The summed E-state index contributed by atoms with van der Waals surface area (Å²) in [5.41, 5.74) is 0.887. The molecule has 0 radical (unpaired) electrons. The van der Waals surface area contributed by atoms with Gasteiger partial charge < -0.3 is 10.1 Å². The number of rotatable bonds is 5. The molecule has 1 heterocycles. The van der Waals surface area contributed by atoms with Gasteiger partial charge in [-0.25, -0.2) is 4.98 Å². The van der Waals surface area contributed by atoms with Crippen molar-refractivity contribution in [3.05, 3.63) is 45.9 Å². The molecule has 0 saturated carbocycles. The van der Waals surface area contributed by atoms with Crippen LogP contribution in [0, 0.1) is 6.92 Å². The predicted molar refractivity (Wildman–Crippen MR) is 75.4 cm³/mol. The highest BCUT2D eigenvalue weighted by atomic mass is 32.1. The highest BCUT2D eigenvalue weighted by Gasteiger charge is 2.08. The third kappa shape index (κ3) is 3.79. The van der Waals surface area contributed by atoms with Crippen LogP contribution in [0.15, 0.2) is 30.5 Å². The van der Waals surface area contributed by atoms with Crippen LogP contribution in [0.2, 0.25) is 0 Å². The Labute approximate surface area is 116 Å². The molecule has 0 fully saturated rings. The lowest BCUT2D eigenvalue weighted by Gasteiger charge is -2.08. The second-order valence-electron chi connectivity index (χ2n) is 4.13. The summed E-state index contributed by atoms with van der Waals surface area (Å²) in [6.07, 6.45) is 2.13. The standard InChI is InChI=1S/C14H16N2O2S/c1-10-8-16-14(19-10)9-15-13(17)7-11-5-3-4-6-12(11)18-2/h3-6,8H,7,9H2,1-2H3,(H,15,17). The van der Waals surface area contributed by atoms with Crippen LogP contribution >= 0.6 is 11.3 Å². The van der Waals surface area contributed by atoms with Crippen LogP contribution in [0.3, 0.4) is 0 Å². The molecule has 5 heteroatoms. The Kier molecular flexibility index (Phi) is 4.52. The number of nitrogens with one attached hydrogen (secondary N) is 1. The van der Waals surface area contributed by atoms with Gasteiger partial charge in [0.15, 0.2) is 0 Å². The van der Waals surface area contributed by atoms with Crippen LogP contribution in [0.25, 0.3) is 0 Å². The van der Waals surface area contributed by atoms with E-state index in [1.54, 1.807) is 18.4 Å². The molecule has 0 bridgehead atoms. The maximum absolute atomic E-state index is 11.9. The van der Waals surface area contributed by atoms with E-state index >= 15 is 0 Å². The van der Waals surface area contributed by atoms with Gasteiger partial charge in [0.1, 0.15) is 10.8 Å². The molecule has 1 amide bonds. The number of nitrogens with zero attached hydrogens (tertiary/aromatic N) is 1. The van der Waals surface area contributed by atoms with Crippen LogP contribution < -0.4 is 10.1 Å². The van der Waals surface area contributed by atoms with E-state index in [4.69, 9.17) is 4.74 Å². The largest absolute Gasteiger partial charge is 0.496 e. The molecule has 1 aromatic carbocycles. The third-order valence-corrected chi connectivity index (χ3v) is 3.56. The van der Waals surface area contributed by atoms with Crippen molar-refractivity contribution in [1.29, 1.82) is 0 Å². The fraction of sp³-hybridized carbons (Fsp3) is 0.286. The van der Waals surface area contributed by atoms with Gasteiger partial charge in [-0.1, -0.05) is 18.2 Å². The van der Waals surface area contributed by atoms with Crippen LogP contribution in [-0.4, -0.2) is 18.0 Å². The van der Waals surface area contributed by atoms with Gasteiger partial charge in [0.05, 0.1) is 20.1 Å². The van der Waals surface area contributed by atoms with E-state index < -0.39 is 0 Å². The summed E-state index contributed by atoms with van der Waals surface area (Å²) in [5, 5.41) is 3.79. The maximum atomic E-state index is 11.9. The zero-order valence-electron chi connectivity index (χ0n) is 11.0. The Bertz CT molecular complexity index is 566. The first-order valence-corrected chi connectivity index (χ1v) is 6.80. The molecule has 0 spiro atoms. The lowest BCUT2D eigenvalue weighted by atomic mass is 10.1. The van der Waals surface area contributed by atoms with E-state index in [0.29, 0.717) is 13.0 Å². The molecule has 0 saturated heterocycles.